The molecule has 22 heavy (non-hydrogen) atoms. The van der Waals surface area contributed by atoms with Gasteiger partial charge in [-0.15, -0.1) is 11.3 Å². The van der Waals surface area contributed by atoms with Gasteiger partial charge >= 0.3 is 5.97 Å². The Labute approximate surface area is 130 Å². The minimum Gasteiger partial charge on any atom is -0.481 e. The quantitative estimate of drug-likeness (QED) is 0.921. The van der Waals surface area contributed by atoms with Crippen LogP contribution in [0.15, 0.2) is 28.4 Å². The highest BCUT2D eigenvalue weighted by Crippen LogP contribution is 2.25. The maximum Gasteiger partial charge on any atom is 0.305 e. The van der Waals surface area contributed by atoms with E-state index in [1.165, 1.54) is 16.2 Å². The molecule has 3 heterocycles. The fourth-order valence-corrected chi connectivity index (χ4v) is 3.11. The van der Waals surface area contributed by atoms with Crippen LogP contribution < -0.4 is 0 Å². The number of nitrogens with zero attached hydrogens (tertiary/aromatic N) is 2. The van der Waals surface area contributed by atoms with Crippen LogP contribution >= 0.6 is 11.3 Å². The topological polar surface area (TPSA) is 92.9 Å². The Kier molecular flexibility index (Phi) is 4.21. The van der Waals surface area contributed by atoms with Crippen LogP contribution in [0.5, 0.6) is 0 Å². The van der Waals surface area contributed by atoms with Gasteiger partial charge in [-0.1, -0.05) is 0 Å². The number of carboxylic acid groups (broad SMARTS) is 1. The molecule has 1 unspecified atom stereocenters. The van der Waals surface area contributed by atoms with E-state index < -0.39 is 12.0 Å². The number of thiazole rings is 1. The van der Waals surface area contributed by atoms with Crippen LogP contribution in [0.4, 0.5) is 0 Å². The van der Waals surface area contributed by atoms with E-state index in [0.717, 1.165) is 5.56 Å². The van der Waals surface area contributed by atoms with E-state index in [2.05, 4.69) is 4.98 Å². The van der Waals surface area contributed by atoms with Gasteiger partial charge in [-0.05, 0) is 6.07 Å². The zero-order valence-electron chi connectivity index (χ0n) is 11.6. The van der Waals surface area contributed by atoms with Gasteiger partial charge in [0.05, 0.1) is 31.9 Å². The molecule has 1 amide bonds. The lowest BCUT2D eigenvalue weighted by molar-refractivity contribution is -0.139. The monoisotopic (exact) mass is 322 g/mol. The van der Waals surface area contributed by atoms with E-state index in [1.807, 2.05) is 0 Å². The first-order valence-electron chi connectivity index (χ1n) is 6.74. The van der Waals surface area contributed by atoms with Gasteiger partial charge < -0.3 is 19.2 Å². The summed E-state index contributed by atoms with van der Waals surface area (Å²) in [6.07, 6.45) is 2.97. The minimum absolute atomic E-state index is 0.134. The van der Waals surface area contributed by atoms with Crippen molar-refractivity contribution in [3.8, 4) is 10.6 Å². The largest absolute Gasteiger partial charge is 0.481 e. The maximum absolute atomic E-state index is 12.6. The molecule has 0 radical (unpaired) electrons. The van der Waals surface area contributed by atoms with Gasteiger partial charge in [0.25, 0.3) is 5.91 Å². The second-order valence-corrected chi connectivity index (χ2v) is 5.73. The molecule has 1 atom stereocenters. The van der Waals surface area contributed by atoms with Crippen molar-refractivity contribution in [2.24, 2.45) is 0 Å². The summed E-state index contributed by atoms with van der Waals surface area (Å²) in [5, 5.41) is 11.3. The Hall–Kier alpha value is -2.19. The van der Waals surface area contributed by atoms with E-state index in [9.17, 15) is 9.59 Å². The van der Waals surface area contributed by atoms with Crippen LogP contribution in [0.25, 0.3) is 10.6 Å². The second-order valence-electron chi connectivity index (χ2n) is 4.88. The number of carbonyl (C=O) groups excluding carboxylic acids is 1. The number of aromatic nitrogens is 1. The Morgan fingerprint density at radius 2 is 2.36 bits per heavy atom. The number of hydrogen-bond acceptors (Lipinski definition) is 6. The van der Waals surface area contributed by atoms with E-state index in [0.29, 0.717) is 23.9 Å². The normalized spacial score (nSPS) is 18.4. The third kappa shape index (κ3) is 3.02. The highest BCUT2D eigenvalue weighted by atomic mass is 32.1. The Morgan fingerprint density at radius 1 is 1.50 bits per heavy atom. The number of furan rings is 1. The summed E-state index contributed by atoms with van der Waals surface area (Å²) in [5.74, 6) is -1.22. The van der Waals surface area contributed by atoms with Crippen molar-refractivity contribution in [3.05, 3.63) is 29.7 Å². The number of carboxylic acids is 1. The molecule has 0 aromatic carbocycles. The van der Waals surface area contributed by atoms with Gasteiger partial charge in [-0.2, -0.15) is 0 Å². The molecular formula is C14H14N2O5S. The summed E-state index contributed by atoms with van der Waals surface area (Å²) in [4.78, 5) is 29.3. The smallest absolute Gasteiger partial charge is 0.305 e. The lowest BCUT2D eigenvalue weighted by Crippen LogP contribution is -2.49. The van der Waals surface area contributed by atoms with Crippen LogP contribution in [-0.2, 0) is 9.53 Å². The molecule has 1 aliphatic rings. The maximum atomic E-state index is 12.6. The first-order chi connectivity index (χ1) is 10.6. The molecule has 8 heteroatoms. The molecular weight excluding hydrogens is 308 g/mol. The van der Waals surface area contributed by atoms with Crippen LogP contribution in [0.1, 0.15) is 16.9 Å². The molecule has 3 rings (SSSR count). The summed E-state index contributed by atoms with van der Waals surface area (Å²) < 4.78 is 10.3. The van der Waals surface area contributed by atoms with E-state index in [1.54, 1.807) is 24.0 Å². The van der Waals surface area contributed by atoms with Crippen molar-refractivity contribution in [2.75, 3.05) is 19.8 Å². The summed E-state index contributed by atoms with van der Waals surface area (Å²) in [6.45, 7) is 1.01. The van der Waals surface area contributed by atoms with Crippen molar-refractivity contribution < 1.29 is 23.8 Å². The fourth-order valence-electron chi connectivity index (χ4n) is 2.33. The molecule has 1 fully saturated rings. The highest BCUT2D eigenvalue weighted by molar-refractivity contribution is 7.13. The van der Waals surface area contributed by atoms with Gasteiger partial charge in [0.15, 0.2) is 0 Å². The lowest BCUT2D eigenvalue weighted by atomic mass is 10.1. The number of rotatable bonds is 4. The SMILES string of the molecule is O=C(O)CC1COCCN1C(=O)c1csc(-c2ccoc2)n1. The fraction of sp³-hybridized carbons (Fsp3) is 0.357. The summed E-state index contributed by atoms with van der Waals surface area (Å²) >= 11 is 1.35. The van der Waals surface area contributed by atoms with Gasteiger partial charge in [0.1, 0.15) is 17.0 Å². The molecule has 7 nitrogen and oxygen atoms in total. The van der Waals surface area contributed by atoms with E-state index in [-0.39, 0.29) is 18.9 Å². The molecule has 116 valence electrons. The van der Waals surface area contributed by atoms with Crippen LogP contribution in [0.2, 0.25) is 0 Å². The molecule has 0 aliphatic carbocycles. The molecule has 1 N–H and O–H groups in total. The minimum atomic E-state index is -0.953. The third-order valence-electron chi connectivity index (χ3n) is 3.39. The third-order valence-corrected chi connectivity index (χ3v) is 4.28. The summed E-state index contributed by atoms with van der Waals surface area (Å²) in [5.41, 5.74) is 1.13. The van der Waals surface area contributed by atoms with E-state index in [4.69, 9.17) is 14.3 Å². The van der Waals surface area contributed by atoms with Gasteiger partial charge in [0.2, 0.25) is 0 Å². The summed E-state index contributed by atoms with van der Waals surface area (Å²) in [6, 6.07) is 1.31. The van der Waals surface area contributed by atoms with Crippen LogP contribution in [0.3, 0.4) is 0 Å². The van der Waals surface area contributed by atoms with Crippen molar-refractivity contribution >= 4 is 23.2 Å². The van der Waals surface area contributed by atoms with Gasteiger partial charge in [-0.3, -0.25) is 9.59 Å². The molecule has 1 saturated heterocycles. The average molecular weight is 322 g/mol. The number of hydrogen-bond donors (Lipinski definition) is 1. The molecule has 0 saturated carbocycles. The first kappa shape index (κ1) is 14.7. The standard InChI is InChI=1S/C14H14N2O5S/c17-12(18)5-10-7-21-4-2-16(10)14(19)11-8-22-13(15-11)9-1-3-20-6-9/h1,3,6,8,10H,2,4-5,7H2,(H,17,18). The van der Waals surface area contributed by atoms with Gasteiger partial charge in [-0.25, -0.2) is 4.98 Å². The number of morpholine rings is 1. The predicted octanol–water partition coefficient (Wildman–Crippen LogP) is 1.72. The van der Waals surface area contributed by atoms with E-state index >= 15 is 0 Å². The average Bonchev–Trinajstić information content (AvgIpc) is 3.17. The number of amides is 1. The molecule has 2 aromatic rings. The van der Waals surface area contributed by atoms with Crippen molar-refractivity contribution in [2.45, 2.75) is 12.5 Å². The molecule has 1 aliphatic heterocycles. The number of carbonyl (C=O) groups is 2. The predicted molar refractivity (Wildman–Crippen MR) is 77.7 cm³/mol. The zero-order chi connectivity index (χ0) is 15.5. The highest BCUT2D eigenvalue weighted by Gasteiger charge is 2.31. The number of ether oxygens (including phenoxy) is 1. The van der Waals surface area contributed by atoms with Crippen LogP contribution in [-0.4, -0.2) is 52.7 Å². The Balaban J connectivity index is 1.78. The molecule has 0 bridgehead atoms. The van der Waals surface area contributed by atoms with Crippen molar-refractivity contribution in [3.63, 3.8) is 0 Å². The lowest BCUT2D eigenvalue weighted by Gasteiger charge is -2.34. The second kappa shape index (κ2) is 6.29. The Bertz CT molecular complexity index is 667. The number of aliphatic carboxylic acids is 1. The molecule has 2 aromatic heterocycles. The summed E-state index contributed by atoms with van der Waals surface area (Å²) in [7, 11) is 0. The Morgan fingerprint density at radius 3 is 3.09 bits per heavy atom. The first-order valence-corrected chi connectivity index (χ1v) is 7.61. The van der Waals surface area contributed by atoms with Crippen LogP contribution in [0, 0.1) is 0 Å². The van der Waals surface area contributed by atoms with Gasteiger partial charge in [0, 0.05) is 17.5 Å². The van der Waals surface area contributed by atoms with Crippen molar-refractivity contribution in [1.82, 2.24) is 9.88 Å². The molecule has 0 spiro atoms. The van der Waals surface area contributed by atoms with Crippen molar-refractivity contribution in [1.29, 1.82) is 0 Å². The zero-order valence-corrected chi connectivity index (χ0v) is 12.4.